The minimum Gasteiger partial charge on any atom is -0.460 e. The van der Waals surface area contributed by atoms with Crippen molar-refractivity contribution in [1.29, 1.82) is 0 Å². The van der Waals surface area contributed by atoms with E-state index in [1.54, 1.807) is 54.7 Å². The van der Waals surface area contributed by atoms with Crippen molar-refractivity contribution < 1.29 is 101 Å². The molecule has 0 heterocycles. The van der Waals surface area contributed by atoms with E-state index < -0.39 is 84.7 Å². The average molecular weight is 1540 g/mol. The molecule has 0 aliphatic carbocycles. The van der Waals surface area contributed by atoms with Crippen LogP contribution in [0.3, 0.4) is 0 Å². The highest BCUT2D eigenvalue weighted by Gasteiger charge is 2.19. The monoisotopic (exact) mass is 1540 g/mol. The minimum atomic E-state index is -1.09. The second kappa shape index (κ2) is 54.4. The third-order valence-electron chi connectivity index (χ3n) is 14.6. The molecule has 0 aromatic heterocycles. The van der Waals surface area contributed by atoms with Crippen molar-refractivity contribution in [1.82, 2.24) is 0 Å². The number of carbonyl (C=O) groups excluding carboxylic acids is 9. The summed E-state index contributed by atoms with van der Waals surface area (Å²) in [6.45, 7) is -2.25. The highest BCUT2D eigenvalue weighted by atomic mass is 16.6. The molecule has 9 rings (SSSR count). The molecular weight excluding hydrogens is 1450 g/mol. The zero-order valence-electron chi connectivity index (χ0n) is 62.0. The zero-order chi connectivity index (χ0) is 81.3. The Bertz CT molecular complexity index is 4290. The molecule has 9 aromatic carbocycles. The molecule has 0 saturated heterocycles. The molecule has 3 N–H and O–H groups in total. The van der Waals surface area contributed by atoms with Crippen LogP contribution >= 0.6 is 0 Å². The summed E-state index contributed by atoms with van der Waals surface area (Å²) in [4.78, 5) is 106. The first-order valence-electron chi connectivity index (χ1n) is 35.7. The molecule has 114 heavy (non-hydrogen) atoms. The SMILES string of the molecule is O=C(/C=C/c1ccccc1)OCC(CO)OC(=O)/C=C/c1ccccc1.O=C(/C=C/c1ccccc1)OCC(COC(=O)/C=C/c1ccccc1)OC(=O)/C=C/c1ccccc1.O=C(/C=C/c1ccccc1)OCC(O)COC(=O)/C=C/c1ccccc1.O=C(/C=C/c1ccccc1)OCC(O)COC(=O)/C=C/c1ccccc1. The van der Waals surface area contributed by atoms with Gasteiger partial charge < -0.3 is 58.0 Å². The van der Waals surface area contributed by atoms with Crippen molar-refractivity contribution >= 4 is 108 Å². The van der Waals surface area contributed by atoms with E-state index in [1.807, 2.05) is 273 Å². The summed E-state index contributed by atoms with van der Waals surface area (Å²) in [6, 6.07) is 83.4. The Morgan fingerprint density at radius 3 is 0.518 bits per heavy atom. The number of esters is 9. The topological polar surface area (TPSA) is 297 Å². The first kappa shape index (κ1) is 88.7. The molecule has 0 radical (unpaired) electrons. The van der Waals surface area contributed by atoms with Crippen molar-refractivity contribution in [2.45, 2.75) is 24.4 Å². The highest BCUT2D eigenvalue weighted by Crippen LogP contribution is 2.11. The number of hydrogen-bond donors (Lipinski definition) is 3. The second-order valence-corrected chi connectivity index (χ2v) is 23.7. The Morgan fingerprint density at radius 2 is 0.351 bits per heavy atom. The Kier molecular flexibility index (Phi) is 42.3. The Labute approximate surface area is 661 Å². The zero-order valence-corrected chi connectivity index (χ0v) is 62.0. The molecule has 0 spiro atoms. The fraction of sp³-hybridized carbons (Fsp3) is 0.129. The number of rotatable bonds is 35. The maximum Gasteiger partial charge on any atom is 0.331 e. The fourth-order valence-electron chi connectivity index (χ4n) is 8.87. The number of aliphatic hydroxyl groups is 3. The Balaban J connectivity index is 0.000000239. The largest absolute Gasteiger partial charge is 0.460 e. The van der Waals surface area contributed by atoms with Crippen molar-refractivity contribution in [3.8, 4) is 0 Å². The number of carbonyl (C=O) groups is 9. The molecule has 21 heteroatoms. The summed E-state index contributed by atoms with van der Waals surface area (Å²) < 4.78 is 45.5. The van der Waals surface area contributed by atoms with E-state index in [0.717, 1.165) is 50.1 Å². The predicted octanol–water partition coefficient (Wildman–Crippen LogP) is 13.7. The summed E-state index contributed by atoms with van der Waals surface area (Å²) >= 11 is 0. The molecule has 0 saturated carbocycles. The second-order valence-electron chi connectivity index (χ2n) is 23.7. The predicted molar refractivity (Wildman–Crippen MR) is 435 cm³/mol. The van der Waals surface area contributed by atoms with Gasteiger partial charge in [0.1, 0.15) is 58.5 Å². The lowest BCUT2D eigenvalue weighted by molar-refractivity contribution is -0.160. The van der Waals surface area contributed by atoms with Gasteiger partial charge in [0.2, 0.25) is 0 Å². The number of benzene rings is 9. The van der Waals surface area contributed by atoms with Gasteiger partial charge in [-0.3, -0.25) is 0 Å². The minimum absolute atomic E-state index is 0.223. The van der Waals surface area contributed by atoms with Crippen molar-refractivity contribution in [2.75, 3.05) is 52.9 Å². The standard InChI is InChI=1S/C30H26O6.3C21H20O5/c31-28(19-16-24-10-4-1-5-11-24)34-22-27(36-30(33)21-18-26-14-8-3-9-15-26)23-35-29(32)20-17-25-12-6-2-7-13-25;2*22-19(15-25-20(23)13-11-17-7-3-1-4-8-17)16-26-21(24)14-12-18-9-5-2-6-10-18;22-15-19(26-21(24)14-12-18-9-5-2-6-10-18)16-25-20(23)13-11-17-7-3-1-4-8-17/h1-21,27H,22-23H2;3*1-14,19,22H,15-16H2/b19-16+,20-17+,21-18+;3*13-11+,14-12+. The summed E-state index contributed by atoms with van der Waals surface area (Å²) in [5.41, 5.74) is 7.66. The van der Waals surface area contributed by atoms with Gasteiger partial charge in [0.25, 0.3) is 0 Å². The molecule has 1 unspecified atom stereocenters. The van der Waals surface area contributed by atoms with Crippen LogP contribution in [0.5, 0.6) is 0 Å². The van der Waals surface area contributed by atoms with Crippen LogP contribution in [0.4, 0.5) is 0 Å². The first-order chi connectivity index (χ1) is 55.5. The molecule has 584 valence electrons. The molecule has 0 aliphatic heterocycles. The fourth-order valence-corrected chi connectivity index (χ4v) is 8.87. The van der Waals surface area contributed by atoms with E-state index in [9.17, 15) is 58.5 Å². The van der Waals surface area contributed by atoms with Crippen LogP contribution in [-0.4, -0.2) is 146 Å². The molecule has 21 nitrogen and oxygen atoms in total. The van der Waals surface area contributed by atoms with Gasteiger partial charge in [-0.15, -0.1) is 0 Å². The maximum atomic E-state index is 12.3. The van der Waals surface area contributed by atoms with Crippen LogP contribution in [0, 0.1) is 0 Å². The maximum absolute atomic E-state index is 12.3. The van der Waals surface area contributed by atoms with Gasteiger partial charge >= 0.3 is 53.7 Å². The first-order valence-corrected chi connectivity index (χ1v) is 35.7. The molecule has 0 fully saturated rings. The molecule has 0 amide bonds. The highest BCUT2D eigenvalue weighted by molar-refractivity contribution is 5.91. The van der Waals surface area contributed by atoms with Crippen LogP contribution in [0.15, 0.2) is 328 Å². The molecule has 0 bridgehead atoms. The van der Waals surface area contributed by atoms with E-state index in [4.69, 9.17) is 42.6 Å². The number of ether oxygens (including phenoxy) is 9. The van der Waals surface area contributed by atoms with E-state index in [-0.39, 0.29) is 46.2 Å². The van der Waals surface area contributed by atoms with Gasteiger partial charge in [-0.25, -0.2) is 43.2 Å². The van der Waals surface area contributed by atoms with Crippen molar-refractivity contribution in [2.24, 2.45) is 0 Å². The third-order valence-corrected chi connectivity index (χ3v) is 14.6. The van der Waals surface area contributed by atoms with Crippen molar-refractivity contribution in [3.63, 3.8) is 0 Å². The molecule has 0 aliphatic rings. The van der Waals surface area contributed by atoms with E-state index in [2.05, 4.69) is 0 Å². The normalized spacial score (nSPS) is 11.4. The summed E-state index contributed by atoms with van der Waals surface area (Å²) in [5.74, 6) is -5.41. The lowest BCUT2D eigenvalue weighted by Gasteiger charge is -2.16. The van der Waals surface area contributed by atoms with Gasteiger partial charge in [-0.05, 0) is 105 Å². The lowest BCUT2D eigenvalue weighted by Crippen LogP contribution is -2.29. The van der Waals surface area contributed by atoms with E-state index in [0.29, 0.717) is 0 Å². The number of aliphatic hydroxyl groups excluding tert-OH is 3. The van der Waals surface area contributed by atoms with E-state index >= 15 is 0 Å². The van der Waals surface area contributed by atoms with Gasteiger partial charge in [0.15, 0.2) is 12.2 Å². The summed E-state index contributed by atoms with van der Waals surface area (Å²) in [6.07, 6.45) is 21.9. The summed E-state index contributed by atoms with van der Waals surface area (Å²) in [7, 11) is 0. The molecule has 1 atom stereocenters. The average Bonchev–Trinajstić information content (AvgIpc) is 0.916. The Hall–Kier alpha value is -14.3. The van der Waals surface area contributed by atoms with Crippen LogP contribution in [0.2, 0.25) is 0 Å². The summed E-state index contributed by atoms with van der Waals surface area (Å²) in [5, 5.41) is 28.7. The Morgan fingerprint density at radius 1 is 0.211 bits per heavy atom. The van der Waals surface area contributed by atoms with Gasteiger partial charge in [0.05, 0.1) is 6.61 Å². The van der Waals surface area contributed by atoms with Gasteiger partial charge in [-0.1, -0.05) is 273 Å². The molecular formula is C93H86O21. The molecule has 9 aromatic rings. The van der Waals surface area contributed by atoms with Crippen LogP contribution in [-0.2, 0) is 85.8 Å². The van der Waals surface area contributed by atoms with Crippen LogP contribution in [0.1, 0.15) is 50.1 Å². The quantitative estimate of drug-likeness (QED) is 0.0189. The van der Waals surface area contributed by atoms with Crippen LogP contribution < -0.4 is 0 Å². The van der Waals surface area contributed by atoms with Crippen molar-refractivity contribution in [3.05, 3.63) is 378 Å². The number of hydrogen-bond acceptors (Lipinski definition) is 21. The van der Waals surface area contributed by atoms with Gasteiger partial charge in [0, 0.05) is 54.7 Å². The van der Waals surface area contributed by atoms with E-state index in [1.165, 1.54) is 54.7 Å². The lowest BCUT2D eigenvalue weighted by atomic mass is 10.2. The van der Waals surface area contributed by atoms with Gasteiger partial charge in [-0.2, -0.15) is 0 Å². The smallest absolute Gasteiger partial charge is 0.331 e. The van der Waals surface area contributed by atoms with Crippen LogP contribution in [0.25, 0.3) is 54.7 Å². The third kappa shape index (κ3) is 41.9.